The number of aryl methyl sites for hydroxylation is 1. The summed E-state index contributed by atoms with van der Waals surface area (Å²) < 4.78 is 2.26. The molecule has 0 saturated heterocycles. The Labute approximate surface area is 133 Å². The van der Waals surface area contributed by atoms with Gasteiger partial charge in [-0.3, -0.25) is 0 Å². The van der Waals surface area contributed by atoms with Crippen LogP contribution in [0.5, 0.6) is 0 Å². The average Bonchev–Trinajstić information content (AvgIpc) is 2.32. The number of hydrogen-bond acceptors (Lipinski definition) is 0. The summed E-state index contributed by atoms with van der Waals surface area (Å²) >= 11 is 10.8. The minimum Gasteiger partial charge on any atom is -0.0835 e. The molecular formula is C15H13Br3. The third-order valence-electron chi connectivity index (χ3n) is 2.88. The third kappa shape index (κ3) is 3.69. The van der Waals surface area contributed by atoms with Crippen molar-refractivity contribution in [2.75, 3.05) is 0 Å². The highest BCUT2D eigenvalue weighted by atomic mass is 79.9. The van der Waals surface area contributed by atoms with Crippen molar-refractivity contribution in [1.82, 2.24) is 0 Å². The molecule has 0 aliphatic heterocycles. The van der Waals surface area contributed by atoms with E-state index in [0.717, 1.165) is 15.4 Å². The number of hydrogen-bond donors (Lipinski definition) is 0. The Kier molecular flexibility index (Phi) is 5.05. The lowest BCUT2D eigenvalue weighted by Crippen LogP contribution is -1.98. The monoisotopic (exact) mass is 430 g/mol. The van der Waals surface area contributed by atoms with Crippen LogP contribution in [0.25, 0.3) is 0 Å². The van der Waals surface area contributed by atoms with Crippen molar-refractivity contribution in [2.45, 2.75) is 18.2 Å². The van der Waals surface area contributed by atoms with Gasteiger partial charge in [0, 0.05) is 13.8 Å². The predicted octanol–water partition coefficient (Wildman–Crippen LogP) is 6.20. The number of benzene rings is 2. The van der Waals surface area contributed by atoms with E-state index in [1.807, 2.05) is 0 Å². The van der Waals surface area contributed by atoms with Gasteiger partial charge in [-0.25, -0.2) is 0 Å². The molecule has 2 aromatic carbocycles. The molecule has 0 radical (unpaired) electrons. The Balaban J connectivity index is 2.21. The van der Waals surface area contributed by atoms with E-state index >= 15 is 0 Å². The van der Waals surface area contributed by atoms with Crippen LogP contribution in [0.15, 0.2) is 51.4 Å². The van der Waals surface area contributed by atoms with E-state index in [4.69, 9.17) is 0 Å². The van der Waals surface area contributed by atoms with Crippen molar-refractivity contribution in [2.24, 2.45) is 0 Å². The van der Waals surface area contributed by atoms with Crippen molar-refractivity contribution in [3.8, 4) is 0 Å². The van der Waals surface area contributed by atoms with Crippen LogP contribution in [0.1, 0.15) is 21.5 Å². The summed E-state index contributed by atoms with van der Waals surface area (Å²) in [6.45, 7) is 2.15. The van der Waals surface area contributed by atoms with Crippen LogP contribution in [0.3, 0.4) is 0 Å². The Morgan fingerprint density at radius 2 is 1.72 bits per heavy atom. The topological polar surface area (TPSA) is 0 Å². The largest absolute Gasteiger partial charge is 0.0835 e. The van der Waals surface area contributed by atoms with E-state index in [1.165, 1.54) is 16.7 Å². The molecule has 0 nitrogen and oxygen atoms in total. The van der Waals surface area contributed by atoms with Crippen LogP contribution in [0, 0.1) is 6.92 Å². The van der Waals surface area contributed by atoms with Gasteiger partial charge in [0.2, 0.25) is 0 Å². The molecule has 18 heavy (non-hydrogen) atoms. The van der Waals surface area contributed by atoms with Crippen molar-refractivity contribution in [3.63, 3.8) is 0 Å². The lowest BCUT2D eigenvalue weighted by molar-refractivity contribution is 0.936. The van der Waals surface area contributed by atoms with Gasteiger partial charge in [0.05, 0.1) is 0 Å². The van der Waals surface area contributed by atoms with Crippen molar-refractivity contribution in [3.05, 3.63) is 68.1 Å². The molecule has 0 saturated carbocycles. The van der Waals surface area contributed by atoms with E-state index in [9.17, 15) is 0 Å². The molecule has 1 unspecified atom stereocenters. The molecule has 0 N–H and O–H groups in total. The molecule has 0 aliphatic carbocycles. The lowest BCUT2D eigenvalue weighted by atomic mass is 10.0. The fourth-order valence-corrected chi connectivity index (χ4v) is 3.62. The SMILES string of the molecule is Cc1ccc(Br)cc1C(Br)Cc1cccc(Br)c1. The molecule has 2 aromatic rings. The first-order valence-electron chi connectivity index (χ1n) is 5.71. The van der Waals surface area contributed by atoms with Gasteiger partial charge in [-0.15, -0.1) is 0 Å². The highest BCUT2D eigenvalue weighted by Gasteiger charge is 2.11. The van der Waals surface area contributed by atoms with E-state index in [-0.39, 0.29) is 0 Å². The average molecular weight is 433 g/mol. The van der Waals surface area contributed by atoms with E-state index in [1.54, 1.807) is 0 Å². The Hall–Kier alpha value is -0.120. The molecule has 94 valence electrons. The first kappa shape index (κ1) is 14.3. The summed E-state index contributed by atoms with van der Waals surface area (Å²) in [6, 6.07) is 14.9. The van der Waals surface area contributed by atoms with Crippen LogP contribution in [-0.4, -0.2) is 0 Å². The molecule has 0 aromatic heterocycles. The first-order valence-corrected chi connectivity index (χ1v) is 8.21. The zero-order valence-corrected chi connectivity index (χ0v) is 14.7. The van der Waals surface area contributed by atoms with Gasteiger partial charge < -0.3 is 0 Å². The Bertz CT molecular complexity index is 549. The summed E-state index contributed by atoms with van der Waals surface area (Å²) in [5, 5.41) is 0. The third-order valence-corrected chi connectivity index (χ3v) is 4.69. The second-order valence-corrected chi connectivity index (χ2v) is 7.24. The first-order chi connectivity index (χ1) is 8.56. The number of rotatable bonds is 3. The van der Waals surface area contributed by atoms with Gasteiger partial charge in [0.15, 0.2) is 0 Å². The molecule has 3 heteroatoms. The van der Waals surface area contributed by atoms with Gasteiger partial charge in [0.1, 0.15) is 0 Å². The van der Waals surface area contributed by atoms with E-state index in [0.29, 0.717) is 4.83 Å². The maximum Gasteiger partial charge on any atom is 0.0438 e. The zero-order chi connectivity index (χ0) is 13.1. The molecule has 1 atom stereocenters. The maximum absolute atomic E-state index is 3.80. The van der Waals surface area contributed by atoms with Crippen LogP contribution < -0.4 is 0 Å². The quantitative estimate of drug-likeness (QED) is 0.506. The second kappa shape index (κ2) is 6.36. The predicted molar refractivity (Wildman–Crippen MR) is 88.4 cm³/mol. The molecule has 0 spiro atoms. The van der Waals surface area contributed by atoms with Gasteiger partial charge in [-0.05, 0) is 54.3 Å². The lowest BCUT2D eigenvalue weighted by Gasteiger charge is -2.14. The zero-order valence-electron chi connectivity index (χ0n) is 9.96. The van der Waals surface area contributed by atoms with Crippen LogP contribution >= 0.6 is 47.8 Å². The summed E-state index contributed by atoms with van der Waals surface area (Å²) in [5.41, 5.74) is 3.98. The highest BCUT2D eigenvalue weighted by molar-refractivity contribution is 9.10. The highest BCUT2D eigenvalue weighted by Crippen LogP contribution is 2.31. The standard InChI is InChI=1S/C15H13Br3/c1-10-5-6-13(17)9-14(10)15(18)8-11-3-2-4-12(16)7-11/h2-7,9,15H,8H2,1H3. The van der Waals surface area contributed by atoms with Crippen molar-refractivity contribution < 1.29 is 0 Å². The van der Waals surface area contributed by atoms with Crippen molar-refractivity contribution in [1.29, 1.82) is 0 Å². The number of alkyl halides is 1. The fourth-order valence-electron chi connectivity index (χ4n) is 1.93. The summed E-state index contributed by atoms with van der Waals surface area (Å²) in [6.07, 6.45) is 0.983. The Morgan fingerprint density at radius 1 is 1.00 bits per heavy atom. The van der Waals surface area contributed by atoms with E-state index in [2.05, 4.69) is 97.2 Å². The normalized spacial score (nSPS) is 12.4. The molecule has 0 bridgehead atoms. The Morgan fingerprint density at radius 3 is 2.44 bits per heavy atom. The van der Waals surface area contributed by atoms with Gasteiger partial charge in [-0.1, -0.05) is 66.0 Å². The van der Waals surface area contributed by atoms with Crippen LogP contribution in [-0.2, 0) is 6.42 Å². The maximum atomic E-state index is 3.80. The minimum absolute atomic E-state index is 0.337. The van der Waals surface area contributed by atoms with Crippen LogP contribution in [0.2, 0.25) is 0 Å². The summed E-state index contributed by atoms with van der Waals surface area (Å²) in [4.78, 5) is 0.337. The van der Waals surface area contributed by atoms with E-state index < -0.39 is 0 Å². The fraction of sp³-hybridized carbons (Fsp3) is 0.200. The summed E-state index contributed by atoms with van der Waals surface area (Å²) in [5.74, 6) is 0. The minimum atomic E-state index is 0.337. The number of halogens is 3. The molecule has 0 fully saturated rings. The van der Waals surface area contributed by atoms with Gasteiger partial charge >= 0.3 is 0 Å². The summed E-state index contributed by atoms with van der Waals surface area (Å²) in [7, 11) is 0. The molecular weight excluding hydrogens is 420 g/mol. The molecule has 0 aliphatic rings. The smallest absolute Gasteiger partial charge is 0.0438 e. The molecule has 0 heterocycles. The second-order valence-electron chi connectivity index (χ2n) is 4.30. The van der Waals surface area contributed by atoms with Crippen molar-refractivity contribution >= 4 is 47.8 Å². The van der Waals surface area contributed by atoms with Gasteiger partial charge in [0.25, 0.3) is 0 Å². The molecule has 0 amide bonds. The van der Waals surface area contributed by atoms with Crippen LogP contribution in [0.4, 0.5) is 0 Å². The molecule has 2 rings (SSSR count). The van der Waals surface area contributed by atoms with Gasteiger partial charge in [-0.2, -0.15) is 0 Å².